The normalized spacial score (nSPS) is 19.3. The molecule has 0 aromatic carbocycles. The molecular weight excluding hydrogens is 244 g/mol. The molecule has 5 nitrogen and oxygen atoms in total. The quantitative estimate of drug-likeness (QED) is 0.834. The van der Waals surface area contributed by atoms with E-state index in [9.17, 15) is 4.79 Å². The Balaban J connectivity index is 2.19. The van der Waals surface area contributed by atoms with Crippen molar-refractivity contribution < 1.29 is 14.6 Å². The van der Waals surface area contributed by atoms with Gasteiger partial charge < -0.3 is 14.7 Å². The van der Waals surface area contributed by atoms with E-state index in [1.165, 1.54) is 7.11 Å². The van der Waals surface area contributed by atoms with E-state index in [1.807, 2.05) is 0 Å². The third-order valence-electron chi connectivity index (χ3n) is 3.55. The number of aliphatic hydroxyl groups excluding tert-OH is 1. The van der Waals surface area contributed by atoms with Crippen LogP contribution in [0.2, 0.25) is 0 Å². The summed E-state index contributed by atoms with van der Waals surface area (Å²) in [5.74, 6) is 0.802. The number of aromatic nitrogens is 1. The number of hydrogen-bond acceptors (Lipinski definition) is 5. The first kappa shape index (κ1) is 13.8. The highest BCUT2D eigenvalue weighted by molar-refractivity contribution is 5.94. The van der Waals surface area contributed by atoms with Crippen LogP contribution in [0.15, 0.2) is 18.3 Å². The van der Waals surface area contributed by atoms with Crippen LogP contribution in [0, 0.1) is 5.92 Å². The molecule has 104 valence electrons. The minimum Gasteiger partial charge on any atom is -0.465 e. The number of methoxy groups -OCH3 is 1. The number of hydrogen-bond donors (Lipinski definition) is 1. The predicted molar refractivity (Wildman–Crippen MR) is 72.2 cm³/mol. The van der Waals surface area contributed by atoms with E-state index < -0.39 is 0 Å². The van der Waals surface area contributed by atoms with Gasteiger partial charge in [-0.3, -0.25) is 0 Å². The summed E-state index contributed by atoms with van der Waals surface area (Å²) >= 11 is 0. The highest BCUT2D eigenvalue weighted by atomic mass is 16.5. The summed E-state index contributed by atoms with van der Waals surface area (Å²) in [6, 6.07) is 3.48. The molecule has 0 radical (unpaired) electrons. The van der Waals surface area contributed by atoms with Gasteiger partial charge in [0.15, 0.2) is 0 Å². The van der Waals surface area contributed by atoms with E-state index in [4.69, 9.17) is 9.84 Å². The van der Waals surface area contributed by atoms with Crippen molar-refractivity contribution in [3.63, 3.8) is 0 Å². The van der Waals surface area contributed by atoms with Gasteiger partial charge in [-0.25, -0.2) is 9.78 Å². The first-order valence-corrected chi connectivity index (χ1v) is 6.65. The third-order valence-corrected chi connectivity index (χ3v) is 3.55. The van der Waals surface area contributed by atoms with Crippen LogP contribution in [0.25, 0.3) is 0 Å². The lowest BCUT2D eigenvalue weighted by atomic mass is 9.95. The molecule has 1 unspecified atom stereocenters. The first-order valence-electron chi connectivity index (χ1n) is 6.65. The Morgan fingerprint density at radius 2 is 2.47 bits per heavy atom. The van der Waals surface area contributed by atoms with Gasteiger partial charge >= 0.3 is 5.97 Å². The van der Waals surface area contributed by atoms with Gasteiger partial charge in [0, 0.05) is 25.9 Å². The van der Waals surface area contributed by atoms with E-state index in [-0.39, 0.29) is 12.6 Å². The molecule has 0 aliphatic carbocycles. The molecule has 0 bridgehead atoms. The maximum atomic E-state index is 11.8. The van der Waals surface area contributed by atoms with Crippen LogP contribution < -0.4 is 4.90 Å². The van der Waals surface area contributed by atoms with E-state index in [2.05, 4.69) is 9.88 Å². The van der Waals surface area contributed by atoms with Crippen molar-refractivity contribution in [2.24, 2.45) is 5.92 Å². The Labute approximate surface area is 113 Å². The van der Waals surface area contributed by atoms with Crippen LogP contribution in [0.1, 0.15) is 29.6 Å². The average Bonchev–Trinajstić information content (AvgIpc) is 2.47. The molecule has 1 atom stereocenters. The van der Waals surface area contributed by atoms with Crippen LogP contribution >= 0.6 is 0 Å². The zero-order chi connectivity index (χ0) is 13.7. The molecular formula is C14H20N2O3. The number of anilines is 1. The van der Waals surface area contributed by atoms with Crippen LogP contribution in [0.4, 0.5) is 5.82 Å². The number of aliphatic hydroxyl groups is 1. The minimum atomic E-state index is -0.354. The van der Waals surface area contributed by atoms with Gasteiger partial charge in [-0.2, -0.15) is 0 Å². The molecule has 1 aromatic rings. The standard InChI is InChI=1S/C14H20N2O3/c1-19-14(18)12-5-2-7-15-13(12)16-8-3-4-11(10-16)6-9-17/h2,5,7,11,17H,3-4,6,8-10H2,1H3. The summed E-state index contributed by atoms with van der Waals surface area (Å²) in [7, 11) is 1.38. The van der Waals surface area contributed by atoms with Gasteiger partial charge in [-0.1, -0.05) is 0 Å². The molecule has 1 aliphatic heterocycles. The number of piperidine rings is 1. The molecule has 2 heterocycles. The molecule has 1 aliphatic rings. The molecule has 1 fully saturated rings. The van der Waals surface area contributed by atoms with Gasteiger partial charge in [0.05, 0.1) is 7.11 Å². The molecule has 2 rings (SSSR count). The van der Waals surface area contributed by atoms with E-state index in [0.29, 0.717) is 17.3 Å². The SMILES string of the molecule is COC(=O)c1cccnc1N1CCCC(CCO)C1. The highest BCUT2D eigenvalue weighted by Crippen LogP contribution is 2.26. The zero-order valence-corrected chi connectivity index (χ0v) is 11.2. The summed E-state index contributed by atoms with van der Waals surface area (Å²) in [6.07, 6.45) is 4.67. The van der Waals surface area contributed by atoms with Crippen LogP contribution in [-0.4, -0.2) is 42.9 Å². The lowest BCUT2D eigenvalue weighted by molar-refractivity contribution is 0.0600. The lowest BCUT2D eigenvalue weighted by Crippen LogP contribution is -2.37. The predicted octanol–water partition coefficient (Wildman–Crippen LogP) is 1.47. The fourth-order valence-electron chi connectivity index (χ4n) is 2.59. The number of carbonyl (C=O) groups is 1. The second-order valence-corrected chi connectivity index (χ2v) is 4.83. The molecule has 0 amide bonds. The number of nitrogens with zero attached hydrogens (tertiary/aromatic N) is 2. The number of carbonyl (C=O) groups excluding carboxylic acids is 1. The minimum absolute atomic E-state index is 0.213. The van der Waals surface area contributed by atoms with Crippen molar-refractivity contribution in [3.05, 3.63) is 23.9 Å². The maximum absolute atomic E-state index is 11.8. The van der Waals surface area contributed by atoms with Crippen LogP contribution in [-0.2, 0) is 4.74 Å². The molecule has 19 heavy (non-hydrogen) atoms. The van der Waals surface area contributed by atoms with Crippen molar-refractivity contribution >= 4 is 11.8 Å². The third kappa shape index (κ3) is 3.23. The Hall–Kier alpha value is -1.62. The van der Waals surface area contributed by atoms with Gasteiger partial charge in [0.2, 0.25) is 0 Å². The molecule has 1 N–H and O–H groups in total. The van der Waals surface area contributed by atoms with Crippen molar-refractivity contribution in [1.82, 2.24) is 4.98 Å². The Morgan fingerprint density at radius 3 is 3.21 bits per heavy atom. The maximum Gasteiger partial charge on any atom is 0.341 e. The fourth-order valence-corrected chi connectivity index (χ4v) is 2.59. The lowest BCUT2D eigenvalue weighted by Gasteiger charge is -2.34. The van der Waals surface area contributed by atoms with Gasteiger partial charge in [0.1, 0.15) is 11.4 Å². The molecule has 1 saturated heterocycles. The van der Waals surface area contributed by atoms with Crippen molar-refractivity contribution in [1.29, 1.82) is 0 Å². The number of ether oxygens (including phenoxy) is 1. The Morgan fingerprint density at radius 1 is 1.63 bits per heavy atom. The molecule has 0 saturated carbocycles. The summed E-state index contributed by atoms with van der Waals surface area (Å²) in [4.78, 5) is 18.2. The van der Waals surface area contributed by atoms with E-state index in [1.54, 1.807) is 18.3 Å². The van der Waals surface area contributed by atoms with E-state index >= 15 is 0 Å². The van der Waals surface area contributed by atoms with Gasteiger partial charge in [-0.05, 0) is 37.3 Å². The highest BCUT2D eigenvalue weighted by Gasteiger charge is 2.24. The Kier molecular flexibility index (Phi) is 4.74. The monoisotopic (exact) mass is 264 g/mol. The molecule has 1 aromatic heterocycles. The molecule has 5 heteroatoms. The van der Waals surface area contributed by atoms with Gasteiger partial charge in [0.25, 0.3) is 0 Å². The average molecular weight is 264 g/mol. The molecule has 0 spiro atoms. The summed E-state index contributed by atoms with van der Waals surface area (Å²) < 4.78 is 4.80. The number of rotatable bonds is 4. The largest absolute Gasteiger partial charge is 0.465 e. The van der Waals surface area contributed by atoms with Crippen molar-refractivity contribution in [3.8, 4) is 0 Å². The second kappa shape index (κ2) is 6.52. The summed E-state index contributed by atoms with van der Waals surface area (Å²) in [6.45, 7) is 1.94. The number of pyridine rings is 1. The topological polar surface area (TPSA) is 62.7 Å². The zero-order valence-electron chi connectivity index (χ0n) is 11.2. The van der Waals surface area contributed by atoms with Crippen LogP contribution in [0.5, 0.6) is 0 Å². The fraction of sp³-hybridized carbons (Fsp3) is 0.571. The number of esters is 1. The van der Waals surface area contributed by atoms with Crippen molar-refractivity contribution in [2.75, 3.05) is 31.7 Å². The summed E-state index contributed by atoms with van der Waals surface area (Å²) in [5.41, 5.74) is 0.509. The smallest absolute Gasteiger partial charge is 0.341 e. The Bertz CT molecular complexity index is 434. The van der Waals surface area contributed by atoms with Crippen molar-refractivity contribution in [2.45, 2.75) is 19.3 Å². The van der Waals surface area contributed by atoms with E-state index in [0.717, 1.165) is 32.4 Å². The second-order valence-electron chi connectivity index (χ2n) is 4.83. The van der Waals surface area contributed by atoms with Gasteiger partial charge in [-0.15, -0.1) is 0 Å². The summed E-state index contributed by atoms with van der Waals surface area (Å²) in [5, 5.41) is 9.05. The van der Waals surface area contributed by atoms with Crippen LogP contribution in [0.3, 0.4) is 0 Å². The first-order chi connectivity index (χ1) is 9.26.